The van der Waals surface area contributed by atoms with Gasteiger partial charge in [-0.3, -0.25) is 4.98 Å². The van der Waals surface area contributed by atoms with E-state index in [1.807, 2.05) is 12.4 Å². The van der Waals surface area contributed by atoms with E-state index in [1.54, 1.807) is 0 Å². The van der Waals surface area contributed by atoms with Crippen LogP contribution in [0.15, 0.2) is 24.5 Å². The molecule has 1 fully saturated rings. The summed E-state index contributed by atoms with van der Waals surface area (Å²) in [5, 5.41) is 3.58. The van der Waals surface area contributed by atoms with Crippen LogP contribution in [0.1, 0.15) is 31.2 Å². The second-order valence-electron chi connectivity index (χ2n) is 4.35. The molecule has 82 valence electrons. The molecule has 0 aliphatic heterocycles. The minimum absolute atomic E-state index is 0.434. The Hall–Kier alpha value is -0.930. The van der Waals surface area contributed by atoms with Gasteiger partial charge < -0.3 is 11.1 Å². The third kappa shape index (κ3) is 3.29. The van der Waals surface area contributed by atoms with Crippen molar-refractivity contribution in [2.75, 3.05) is 0 Å². The van der Waals surface area contributed by atoms with Crippen LogP contribution in [0.4, 0.5) is 0 Å². The van der Waals surface area contributed by atoms with Gasteiger partial charge in [0.15, 0.2) is 0 Å². The normalized spacial score (nSPS) is 26.5. The number of nitrogens with zero attached hydrogens (tertiary/aromatic N) is 1. The largest absolute Gasteiger partial charge is 0.328 e. The number of nitrogens with two attached hydrogens (primary N) is 1. The zero-order valence-corrected chi connectivity index (χ0v) is 9.02. The van der Waals surface area contributed by atoms with Gasteiger partial charge in [0.1, 0.15) is 0 Å². The molecule has 0 saturated heterocycles. The van der Waals surface area contributed by atoms with Gasteiger partial charge in [-0.2, -0.15) is 0 Å². The van der Waals surface area contributed by atoms with E-state index in [-0.39, 0.29) is 0 Å². The lowest BCUT2D eigenvalue weighted by atomic mass is 9.92. The van der Waals surface area contributed by atoms with Gasteiger partial charge in [-0.15, -0.1) is 0 Å². The fraction of sp³-hybridized carbons (Fsp3) is 0.583. The summed E-state index contributed by atoms with van der Waals surface area (Å²) in [4.78, 5) is 4.01. The Labute approximate surface area is 91.1 Å². The van der Waals surface area contributed by atoms with Gasteiger partial charge in [-0.25, -0.2) is 0 Å². The van der Waals surface area contributed by atoms with Gasteiger partial charge >= 0.3 is 0 Å². The van der Waals surface area contributed by atoms with Crippen molar-refractivity contribution in [3.8, 4) is 0 Å². The number of hydrogen-bond acceptors (Lipinski definition) is 3. The molecule has 3 nitrogen and oxygen atoms in total. The second kappa shape index (κ2) is 5.24. The van der Waals surface area contributed by atoms with E-state index in [4.69, 9.17) is 5.73 Å². The fourth-order valence-corrected chi connectivity index (χ4v) is 2.09. The predicted octanol–water partition coefficient (Wildman–Crippen LogP) is 1.44. The maximum absolute atomic E-state index is 5.87. The molecule has 3 heteroatoms. The minimum Gasteiger partial charge on any atom is -0.328 e. The highest BCUT2D eigenvalue weighted by atomic mass is 14.9. The van der Waals surface area contributed by atoms with Crippen LogP contribution in [0, 0.1) is 0 Å². The third-order valence-corrected chi connectivity index (χ3v) is 3.12. The van der Waals surface area contributed by atoms with Crippen LogP contribution >= 0.6 is 0 Å². The average Bonchev–Trinajstić information content (AvgIpc) is 2.30. The molecule has 0 bridgehead atoms. The lowest BCUT2D eigenvalue weighted by Gasteiger charge is -2.26. The van der Waals surface area contributed by atoms with Crippen LogP contribution < -0.4 is 11.1 Å². The summed E-state index contributed by atoms with van der Waals surface area (Å²) in [7, 11) is 0. The summed E-state index contributed by atoms with van der Waals surface area (Å²) >= 11 is 0. The van der Waals surface area contributed by atoms with E-state index in [1.165, 1.54) is 18.4 Å². The maximum Gasteiger partial charge on any atom is 0.0271 e. The molecule has 3 N–H and O–H groups in total. The molecule has 1 aliphatic carbocycles. The maximum atomic E-state index is 5.87. The number of aromatic nitrogens is 1. The smallest absolute Gasteiger partial charge is 0.0271 e. The lowest BCUT2D eigenvalue weighted by Crippen LogP contribution is -2.36. The van der Waals surface area contributed by atoms with Crippen molar-refractivity contribution in [3.63, 3.8) is 0 Å². The monoisotopic (exact) mass is 205 g/mol. The third-order valence-electron chi connectivity index (χ3n) is 3.12. The van der Waals surface area contributed by atoms with Crippen LogP contribution in [0.3, 0.4) is 0 Å². The van der Waals surface area contributed by atoms with Crippen LogP contribution in [0.2, 0.25) is 0 Å². The number of hydrogen-bond donors (Lipinski definition) is 2. The number of nitrogens with one attached hydrogen (secondary N) is 1. The summed E-state index contributed by atoms with van der Waals surface area (Å²) in [5.41, 5.74) is 7.17. The summed E-state index contributed by atoms with van der Waals surface area (Å²) in [5.74, 6) is 0. The highest BCUT2D eigenvalue weighted by Crippen LogP contribution is 2.17. The van der Waals surface area contributed by atoms with E-state index in [0.717, 1.165) is 19.4 Å². The first-order chi connectivity index (χ1) is 7.34. The Morgan fingerprint density at radius 1 is 1.20 bits per heavy atom. The molecule has 1 aliphatic rings. The first kappa shape index (κ1) is 10.6. The zero-order valence-electron chi connectivity index (χ0n) is 9.02. The lowest BCUT2D eigenvalue weighted by molar-refractivity contribution is 0.342. The molecule has 0 radical (unpaired) electrons. The van der Waals surface area contributed by atoms with Crippen molar-refractivity contribution in [2.24, 2.45) is 5.73 Å². The molecule has 1 aromatic rings. The van der Waals surface area contributed by atoms with Gasteiger partial charge in [0.25, 0.3) is 0 Å². The molecular weight excluding hydrogens is 186 g/mol. The fourth-order valence-electron chi connectivity index (χ4n) is 2.09. The summed E-state index contributed by atoms with van der Waals surface area (Å²) < 4.78 is 0. The first-order valence-electron chi connectivity index (χ1n) is 5.72. The molecule has 2 rings (SSSR count). The molecule has 0 spiro atoms. The highest BCUT2D eigenvalue weighted by molar-refractivity contribution is 5.09. The Morgan fingerprint density at radius 3 is 2.53 bits per heavy atom. The molecular formula is C12H19N3. The topological polar surface area (TPSA) is 50.9 Å². The summed E-state index contributed by atoms with van der Waals surface area (Å²) in [6, 6.07) is 5.20. The molecule has 0 unspecified atom stereocenters. The van der Waals surface area contributed by atoms with Crippen molar-refractivity contribution >= 4 is 0 Å². The number of rotatable bonds is 3. The molecule has 0 aromatic carbocycles. The van der Waals surface area contributed by atoms with Crippen molar-refractivity contribution in [3.05, 3.63) is 30.1 Å². The Balaban J connectivity index is 1.74. The first-order valence-corrected chi connectivity index (χ1v) is 5.72. The van der Waals surface area contributed by atoms with Crippen LogP contribution in [-0.2, 0) is 6.54 Å². The minimum atomic E-state index is 0.434. The van der Waals surface area contributed by atoms with Crippen LogP contribution in [0.25, 0.3) is 0 Å². The zero-order chi connectivity index (χ0) is 10.5. The van der Waals surface area contributed by atoms with E-state index >= 15 is 0 Å². The molecule has 1 saturated carbocycles. The molecule has 1 aromatic heterocycles. The molecule has 15 heavy (non-hydrogen) atoms. The number of pyridine rings is 1. The highest BCUT2D eigenvalue weighted by Gasteiger charge is 2.17. The molecule has 0 amide bonds. The quantitative estimate of drug-likeness (QED) is 0.785. The van der Waals surface area contributed by atoms with E-state index < -0.39 is 0 Å². The van der Waals surface area contributed by atoms with Gasteiger partial charge in [0.2, 0.25) is 0 Å². The predicted molar refractivity (Wildman–Crippen MR) is 61.3 cm³/mol. The standard InChI is InChI=1S/C12H19N3/c13-11-1-3-12(4-2-11)15-9-10-5-7-14-8-6-10/h5-8,11-12,15H,1-4,9,13H2. The van der Waals surface area contributed by atoms with Gasteiger partial charge in [0, 0.05) is 31.0 Å². The Bertz CT molecular complexity index is 278. The Kier molecular flexibility index (Phi) is 3.69. The van der Waals surface area contributed by atoms with Crippen molar-refractivity contribution in [1.29, 1.82) is 0 Å². The van der Waals surface area contributed by atoms with Crippen LogP contribution in [0.5, 0.6) is 0 Å². The van der Waals surface area contributed by atoms with Gasteiger partial charge in [-0.1, -0.05) is 0 Å². The van der Waals surface area contributed by atoms with Crippen LogP contribution in [-0.4, -0.2) is 17.1 Å². The SMILES string of the molecule is NC1CCC(NCc2ccncc2)CC1. The van der Waals surface area contributed by atoms with Crippen molar-refractivity contribution in [1.82, 2.24) is 10.3 Å². The summed E-state index contributed by atoms with van der Waals surface area (Å²) in [6.07, 6.45) is 8.43. The van der Waals surface area contributed by atoms with E-state index in [2.05, 4.69) is 22.4 Å². The molecule has 0 atom stereocenters. The van der Waals surface area contributed by atoms with Crippen molar-refractivity contribution in [2.45, 2.75) is 44.3 Å². The molecule has 1 heterocycles. The van der Waals surface area contributed by atoms with Gasteiger partial charge in [0.05, 0.1) is 0 Å². The van der Waals surface area contributed by atoms with Crippen molar-refractivity contribution < 1.29 is 0 Å². The van der Waals surface area contributed by atoms with Gasteiger partial charge in [-0.05, 0) is 43.4 Å². The van der Waals surface area contributed by atoms with E-state index in [0.29, 0.717) is 12.1 Å². The van der Waals surface area contributed by atoms with E-state index in [9.17, 15) is 0 Å². The average molecular weight is 205 g/mol. The Morgan fingerprint density at radius 2 is 1.87 bits per heavy atom. The summed E-state index contributed by atoms with van der Waals surface area (Å²) in [6.45, 7) is 0.947. The second-order valence-corrected chi connectivity index (χ2v) is 4.35.